The van der Waals surface area contributed by atoms with Crippen LogP contribution in [0, 0.1) is 22.7 Å². The summed E-state index contributed by atoms with van der Waals surface area (Å²) in [4.78, 5) is 49.6. The molecule has 47 heavy (non-hydrogen) atoms. The Balaban J connectivity index is 0.00000391. The average Bonchev–Trinajstić information content (AvgIpc) is 2.93. The second-order valence-corrected chi connectivity index (χ2v) is 15.1. The Bertz CT molecular complexity index is 1100. The van der Waals surface area contributed by atoms with Gasteiger partial charge in [-0.25, -0.2) is 0 Å². The van der Waals surface area contributed by atoms with E-state index in [4.69, 9.17) is 23.1 Å². The third-order valence-corrected chi connectivity index (χ3v) is 7.46. The van der Waals surface area contributed by atoms with E-state index in [1.807, 2.05) is 27.7 Å². The van der Waals surface area contributed by atoms with Gasteiger partial charge < -0.3 is 31.2 Å². The van der Waals surface area contributed by atoms with E-state index < -0.39 is 29.1 Å². The van der Waals surface area contributed by atoms with Crippen molar-refractivity contribution in [2.75, 3.05) is 25.0 Å². The van der Waals surface area contributed by atoms with Crippen molar-refractivity contribution in [3.8, 4) is 0 Å². The van der Waals surface area contributed by atoms with Gasteiger partial charge in [-0.3, -0.25) is 19.2 Å². The number of nitrogens with two attached hydrogens (primary N) is 1. The van der Waals surface area contributed by atoms with Crippen molar-refractivity contribution >= 4 is 37.1 Å². The van der Waals surface area contributed by atoms with Crippen LogP contribution in [0.1, 0.15) is 114 Å². The Morgan fingerprint density at radius 3 is 2.00 bits per heavy atom. The maximum Gasteiger partial charge on any atom is 0.243 e. The van der Waals surface area contributed by atoms with E-state index in [0.29, 0.717) is 30.2 Å². The van der Waals surface area contributed by atoms with Gasteiger partial charge in [-0.15, -0.1) is 0 Å². The Morgan fingerprint density at radius 2 is 1.53 bits per heavy atom. The zero-order chi connectivity index (χ0) is 36.4. The Labute approximate surface area is 285 Å². The van der Waals surface area contributed by atoms with Crippen LogP contribution in [0.2, 0.25) is 0 Å². The number of nitrogens with one attached hydrogen (secondary N) is 3. The first-order chi connectivity index (χ1) is 21.6. The summed E-state index contributed by atoms with van der Waals surface area (Å²) in [6.45, 7) is 23.8. The summed E-state index contributed by atoms with van der Waals surface area (Å²) in [7, 11) is 4.97. The molecule has 1 aromatic carbocycles. The van der Waals surface area contributed by atoms with Crippen molar-refractivity contribution in [2.24, 2.45) is 28.4 Å². The van der Waals surface area contributed by atoms with Crippen LogP contribution in [0.25, 0.3) is 0 Å². The van der Waals surface area contributed by atoms with Crippen molar-refractivity contribution in [3.05, 3.63) is 29.8 Å². The molecule has 1 aromatic rings. The van der Waals surface area contributed by atoms with Crippen LogP contribution in [-0.4, -0.2) is 62.8 Å². The molecule has 11 heteroatoms. The standard InChI is InChI=1S/C32H52BN3O6.C4H11N/c1-21(2)15-16-42-32(9,10)20-30(5,6)19-31(7,8)28(39)36-26(22(3)4)27(38)34-17-25(37)35-24-13-11-23(12-14-24)18-41-29(33)40;1-2-3-4-5/h11-14,21-22,26H,15-20H2,1-10H3,(H,34,38)(H,35,37)(H,36,39);2-5H2,1H3. The highest BCUT2D eigenvalue weighted by molar-refractivity contribution is 6.55. The molecule has 1 unspecified atom stereocenters. The van der Waals surface area contributed by atoms with E-state index in [1.54, 1.807) is 24.3 Å². The van der Waals surface area contributed by atoms with Gasteiger partial charge in [0.05, 0.1) is 12.1 Å². The van der Waals surface area contributed by atoms with E-state index >= 15 is 0 Å². The number of hydrogen-bond acceptors (Lipinski definition) is 7. The largest absolute Gasteiger partial charge is 0.470 e. The smallest absolute Gasteiger partial charge is 0.243 e. The summed E-state index contributed by atoms with van der Waals surface area (Å²) in [6, 6.07) is 5.88. The van der Waals surface area contributed by atoms with E-state index in [1.165, 1.54) is 12.8 Å². The summed E-state index contributed by atoms with van der Waals surface area (Å²) < 4.78 is 10.9. The van der Waals surface area contributed by atoms with Gasteiger partial charge in [0.15, 0.2) is 0 Å². The summed E-state index contributed by atoms with van der Waals surface area (Å²) in [6.07, 6.45) is 4.77. The van der Waals surface area contributed by atoms with E-state index in [-0.39, 0.29) is 36.0 Å². The van der Waals surface area contributed by atoms with Gasteiger partial charge in [0, 0.05) is 17.7 Å². The van der Waals surface area contributed by atoms with Crippen LogP contribution in [0.3, 0.4) is 0 Å². The number of rotatable bonds is 19. The van der Waals surface area contributed by atoms with Crippen LogP contribution in [0.15, 0.2) is 24.3 Å². The zero-order valence-corrected chi connectivity index (χ0v) is 31.0. The normalized spacial score (nSPS) is 12.6. The van der Waals surface area contributed by atoms with Crippen LogP contribution >= 0.6 is 0 Å². The Hall–Kier alpha value is -2.92. The number of carbonyl (C=O) groups excluding carboxylic acids is 4. The van der Waals surface area contributed by atoms with Crippen molar-refractivity contribution in [1.29, 1.82) is 0 Å². The van der Waals surface area contributed by atoms with Gasteiger partial charge in [-0.05, 0) is 81.0 Å². The topological polar surface area (TPSA) is 149 Å². The SMILES string of the molecule is CCCCN.[B]C(=O)OCc1ccc(NC(=O)CNC(=O)C(NC(=O)C(C)(C)CC(C)(C)CC(C)(C)OCCC(C)C)C(C)C)cc1. The highest BCUT2D eigenvalue weighted by atomic mass is 16.5. The molecule has 0 fully saturated rings. The number of benzene rings is 1. The van der Waals surface area contributed by atoms with Gasteiger partial charge in [-0.1, -0.05) is 80.9 Å². The fraction of sp³-hybridized carbons (Fsp3) is 0.722. The third-order valence-electron chi connectivity index (χ3n) is 7.46. The van der Waals surface area contributed by atoms with Crippen LogP contribution in [0.5, 0.6) is 0 Å². The molecule has 0 aliphatic rings. The zero-order valence-electron chi connectivity index (χ0n) is 31.0. The fourth-order valence-corrected chi connectivity index (χ4v) is 5.51. The summed E-state index contributed by atoms with van der Waals surface area (Å²) in [5, 5.41) is 8.27. The maximum atomic E-state index is 13.4. The molecular formula is C36H63BN4O6. The highest BCUT2D eigenvalue weighted by Gasteiger charge is 2.39. The van der Waals surface area contributed by atoms with E-state index in [0.717, 1.165) is 19.4 Å². The summed E-state index contributed by atoms with van der Waals surface area (Å²) >= 11 is 0. The monoisotopic (exact) mass is 658 g/mol. The van der Waals surface area contributed by atoms with Crippen molar-refractivity contribution in [1.82, 2.24) is 10.6 Å². The minimum atomic E-state index is -0.867. The minimum Gasteiger partial charge on any atom is -0.470 e. The lowest BCUT2D eigenvalue weighted by Crippen LogP contribution is -2.54. The molecule has 0 bridgehead atoms. The van der Waals surface area contributed by atoms with Gasteiger partial charge in [-0.2, -0.15) is 0 Å². The second kappa shape index (κ2) is 21.1. The molecule has 0 saturated carbocycles. The Kier molecular flexibility index (Phi) is 19.8. The molecule has 10 nitrogen and oxygen atoms in total. The lowest BCUT2D eigenvalue weighted by atomic mass is 9.70. The van der Waals surface area contributed by atoms with Crippen LogP contribution < -0.4 is 21.7 Å². The Morgan fingerprint density at radius 1 is 0.936 bits per heavy atom. The molecule has 5 N–H and O–H groups in total. The van der Waals surface area contributed by atoms with Gasteiger partial charge in [0.2, 0.25) is 31.4 Å². The molecule has 1 rings (SSSR count). The molecule has 2 radical (unpaired) electrons. The quantitative estimate of drug-likeness (QED) is 0.131. The highest BCUT2D eigenvalue weighted by Crippen LogP contribution is 2.40. The van der Waals surface area contributed by atoms with Gasteiger partial charge in [0.1, 0.15) is 12.6 Å². The predicted molar refractivity (Wildman–Crippen MR) is 191 cm³/mol. The number of unbranched alkanes of at least 4 members (excludes halogenated alkanes) is 1. The predicted octanol–water partition coefficient (Wildman–Crippen LogP) is 6.11. The number of ether oxygens (including phenoxy) is 2. The number of anilines is 1. The van der Waals surface area contributed by atoms with E-state index in [2.05, 4.69) is 64.4 Å². The van der Waals surface area contributed by atoms with Crippen molar-refractivity contribution < 1.29 is 28.7 Å². The van der Waals surface area contributed by atoms with E-state index in [9.17, 15) is 19.2 Å². The van der Waals surface area contributed by atoms with Crippen molar-refractivity contribution in [2.45, 2.75) is 127 Å². The molecule has 0 heterocycles. The summed E-state index contributed by atoms with van der Waals surface area (Å²) in [5.41, 5.74) is 5.11. The number of amides is 3. The first-order valence-corrected chi connectivity index (χ1v) is 16.9. The van der Waals surface area contributed by atoms with Crippen molar-refractivity contribution in [3.63, 3.8) is 0 Å². The van der Waals surface area contributed by atoms with Crippen LogP contribution in [0.4, 0.5) is 10.5 Å². The summed E-state index contributed by atoms with van der Waals surface area (Å²) in [5.74, 6) is -1.54. The van der Waals surface area contributed by atoms with Gasteiger partial charge >= 0.3 is 0 Å². The molecule has 0 aliphatic carbocycles. The molecule has 1 atom stereocenters. The molecular weight excluding hydrogens is 595 g/mol. The molecule has 0 saturated heterocycles. The molecule has 3 amide bonds. The second-order valence-electron chi connectivity index (χ2n) is 15.1. The lowest BCUT2D eigenvalue weighted by Gasteiger charge is -2.40. The maximum absolute atomic E-state index is 13.4. The minimum absolute atomic E-state index is 0.0288. The fourth-order valence-electron chi connectivity index (χ4n) is 5.51. The molecule has 0 aliphatic heterocycles. The molecule has 266 valence electrons. The molecule has 0 spiro atoms. The number of hydrogen-bond donors (Lipinski definition) is 4. The first kappa shape index (κ1) is 44.1. The van der Waals surface area contributed by atoms with Gasteiger partial charge in [0.25, 0.3) is 0 Å². The lowest BCUT2D eigenvalue weighted by molar-refractivity contribution is -0.137. The first-order valence-electron chi connectivity index (χ1n) is 16.9. The number of carbonyl (C=O) groups is 4. The molecule has 0 aromatic heterocycles. The van der Waals surface area contributed by atoms with Crippen LogP contribution in [-0.2, 0) is 30.5 Å². The third kappa shape index (κ3) is 20.1. The average molecular weight is 659 g/mol.